The van der Waals surface area contributed by atoms with Crippen LogP contribution in [0.25, 0.3) is 0 Å². The molecule has 7 heteroatoms. The topological polar surface area (TPSA) is 108 Å². The second-order valence-electron chi connectivity index (χ2n) is 6.29. The summed E-state index contributed by atoms with van der Waals surface area (Å²) in [6, 6.07) is 0.177. The molecule has 2 fully saturated rings. The lowest BCUT2D eigenvalue weighted by atomic mass is 9.84. The molecule has 0 radical (unpaired) electrons. The molecule has 0 aromatic carbocycles. The van der Waals surface area contributed by atoms with Crippen molar-refractivity contribution in [1.82, 2.24) is 10.2 Å². The van der Waals surface area contributed by atoms with Crippen molar-refractivity contribution in [2.24, 2.45) is 28.6 Å². The second-order valence-corrected chi connectivity index (χ2v) is 6.29. The van der Waals surface area contributed by atoms with Crippen LogP contribution in [0.3, 0.4) is 0 Å². The maximum atomic E-state index is 12.6. The van der Waals surface area contributed by atoms with Gasteiger partial charge in [0, 0.05) is 25.6 Å². The summed E-state index contributed by atoms with van der Waals surface area (Å²) in [6.07, 6.45) is 2.11. The summed E-state index contributed by atoms with van der Waals surface area (Å²) in [5, 5.41) is 14.9. The Kier molecular flexibility index (Phi) is 4.69. The number of nitrogens with zero attached hydrogens (tertiary/aromatic N) is 2. The molecule has 2 aliphatic heterocycles. The van der Waals surface area contributed by atoms with E-state index in [1.54, 1.807) is 4.90 Å². The van der Waals surface area contributed by atoms with Crippen molar-refractivity contribution in [3.8, 4) is 0 Å². The number of nitrogens with one attached hydrogen (secondary N) is 1. The zero-order valence-corrected chi connectivity index (χ0v) is 12.6. The van der Waals surface area contributed by atoms with Crippen molar-refractivity contribution in [3.63, 3.8) is 0 Å². The summed E-state index contributed by atoms with van der Waals surface area (Å²) >= 11 is 0. The molecular formula is C14H24N4O3. The van der Waals surface area contributed by atoms with Crippen LogP contribution in [-0.2, 0) is 9.59 Å². The van der Waals surface area contributed by atoms with Gasteiger partial charge in [-0.15, -0.1) is 0 Å². The summed E-state index contributed by atoms with van der Waals surface area (Å²) in [5.41, 5.74) is 5.67. The van der Waals surface area contributed by atoms with E-state index in [2.05, 4.69) is 10.5 Å². The van der Waals surface area contributed by atoms with Crippen LogP contribution in [0.5, 0.6) is 0 Å². The smallest absolute Gasteiger partial charge is 0.233 e. The lowest BCUT2D eigenvalue weighted by Crippen LogP contribution is -2.57. The SMILES string of the molecule is CC(C)C(C(=O)N1CCC2NC(=O)CCC2C1)C(N)=NO. The van der Waals surface area contributed by atoms with E-state index in [-0.39, 0.29) is 29.6 Å². The average Bonchev–Trinajstić information content (AvgIpc) is 2.46. The first-order valence-corrected chi connectivity index (χ1v) is 7.49. The quantitative estimate of drug-likeness (QED) is 0.298. The molecule has 7 nitrogen and oxygen atoms in total. The molecule has 2 saturated heterocycles. The fourth-order valence-electron chi connectivity index (χ4n) is 3.32. The molecule has 2 heterocycles. The second kappa shape index (κ2) is 6.32. The predicted molar refractivity (Wildman–Crippen MR) is 77.6 cm³/mol. The minimum absolute atomic E-state index is 0.0304. The van der Waals surface area contributed by atoms with Crippen LogP contribution in [0.4, 0.5) is 0 Å². The molecule has 21 heavy (non-hydrogen) atoms. The van der Waals surface area contributed by atoms with E-state index < -0.39 is 5.92 Å². The third-order valence-electron chi connectivity index (χ3n) is 4.50. The molecule has 2 aliphatic rings. The van der Waals surface area contributed by atoms with E-state index in [4.69, 9.17) is 10.9 Å². The Labute approximate surface area is 124 Å². The number of likely N-dealkylation sites (tertiary alicyclic amines) is 1. The molecule has 0 aromatic rings. The van der Waals surface area contributed by atoms with Gasteiger partial charge in [-0.2, -0.15) is 0 Å². The Bertz CT molecular complexity index is 450. The van der Waals surface area contributed by atoms with E-state index >= 15 is 0 Å². The molecule has 3 unspecified atom stereocenters. The minimum Gasteiger partial charge on any atom is -0.409 e. The van der Waals surface area contributed by atoms with Crippen LogP contribution in [-0.4, -0.2) is 46.9 Å². The predicted octanol–water partition coefficient (Wildman–Crippen LogP) is 0.132. The fourth-order valence-corrected chi connectivity index (χ4v) is 3.32. The highest BCUT2D eigenvalue weighted by molar-refractivity contribution is 6.02. The highest BCUT2D eigenvalue weighted by Gasteiger charge is 2.38. The molecular weight excluding hydrogens is 272 g/mol. The van der Waals surface area contributed by atoms with Crippen molar-refractivity contribution in [1.29, 1.82) is 0 Å². The maximum Gasteiger partial charge on any atom is 0.233 e. The first kappa shape index (κ1) is 15.6. The lowest BCUT2D eigenvalue weighted by Gasteiger charge is -2.42. The molecule has 0 aromatic heterocycles. The molecule has 0 spiro atoms. The summed E-state index contributed by atoms with van der Waals surface area (Å²) < 4.78 is 0. The number of oxime groups is 1. The van der Waals surface area contributed by atoms with E-state index in [0.29, 0.717) is 25.4 Å². The van der Waals surface area contributed by atoms with Gasteiger partial charge in [0.25, 0.3) is 0 Å². The number of carbonyl (C=O) groups is 2. The third kappa shape index (κ3) is 3.28. The van der Waals surface area contributed by atoms with Gasteiger partial charge in [-0.1, -0.05) is 19.0 Å². The largest absolute Gasteiger partial charge is 0.409 e. The Morgan fingerprint density at radius 3 is 2.81 bits per heavy atom. The summed E-state index contributed by atoms with van der Waals surface area (Å²) in [4.78, 5) is 25.8. The standard InChI is InChI=1S/C14H24N4O3/c1-8(2)12(13(15)17-21)14(20)18-6-5-10-9(7-18)3-4-11(19)16-10/h8-10,12,21H,3-7H2,1-2H3,(H2,15,17)(H,16,19). The number of carbonyl (C=O) groups excluding carboxylic acids is 2. The highest BCUT2D eigenvalue weighted by Crippen LogP contribution is 2.27. The Hall–Kier alpha value is -1.79. The van der Waals surface area contributed by atoms with Gasteiger partial charge in [0.1, 0.15) is 5.92 Å². The van der Waals surface area contributed by atoms with Crippen LogP contribution in [0.15, 0.2) is 5.16 Å². The number of amides is 2. The normalized spacial score (nSPS) is 28.0. The van der Waals surface area contributed by atoms with Gasteiger partial charge >= 0.3 is 0 Å². The van der Waals surface area contributed by atoms with Crippen molar-refractivity contribution in [2.45, 2.75) is 39.2 Å². The van der Waals surface area contributed by atoms with E-state index in [1.807, 2.05) is 13.8 Å². The van der Waals surface area contributed by atoms with Crippen molar-refractivity contribution in [3.05, 3.63) is 0 Å². The molecule has 4 N–H and O–H groups in total. The first-order chi connectivity index (χ1) is 9.93. The Morgan fingerprint density at radius 1 is 1.48 bits per heavy atom. The van der Waals surface area contributed by atoms with Crippen LogP contribution in [0, 0.1) is 17.8 Å². The van der Waals surface area contributed by atoms with Gasteiger partial charge < -0.3 is 21.2 Å². The zero-order chi connectivity index (χ0) is 15.6. The molecule has 0 saturated carbocycles. The maximum absolute atomic E-state index is 12.6. The number of rotatable bonds is 3. The van der Waals surface area contributed by atoms with E-state index in [1.165, 1.54) is 0 Å². The average molecular weight is 296 g/mol. The van der Waals surface area contributed by atoms with E-state index in [0.717, 1.165) is 12.8 Å². The molecule has 118 valence electrons. The third-order valence-corrected chi connectivity index (χ3v) is 4.50. The lowest BCUT2D eigenvalue weighted by molar-refractivity contribution is -0.137. The molecule has 0 bridgehead atoms. The first-order valence-electron chi connectivity index (χ1n) is 7.49. The highest BCUT2D eigenvalue weighted by atomic mass is 16.4. The van der Waals surface area contributed by atoms with Gasteiger partial charge in [0.05, 0.1) is 0 Å². The number of piperidine rings is 2. The number of hydrogen-bond donors (Lipinski definition) is 3. The van der Waals surface area contributed by atoms with Gasteiger partial charge in [-0.05, 0) is 24.7 Å². The van der Waals surface area contributed by atoms with E-state index in [9.17, 15) is 9.59 Å². The molecule has 0 aliphatic carbocycles. The number of amidine groups is 1. The Balaban J connectivity index is 2.05. The Morgan fingerprint density at radius 2 is 2.19 bits per heavy atom. The van der Waals surface area contributed by atoms with Gasteiger partial charge in [0.2, 0.25) is 11.8 Å². The summed E-state index contributed by atoms with van der Waals surface area (Å²) in [6.45, 7) is 5.00. The van der Waals surface area contributed by atoms with Gasteiger partial charge in [-0.25, -0.2) is 0 Å². The van der Waals surface area contributed by atoms with Crippen molar-refractivity contribution in [2.75, 3.05) is 13.1 Å². The van der Waals surface area contributed by atoms with Crippen LogP contribution < -0.4 is 11.1 Å². The fraction of sp³-hybridized carbons (Fsp3) is 0.786. The number of nitrogens with two attached hydrogens (primary N) is 1. The number of hydrogen-bond acceptors (Lipinski definition) is 4. The summed E-state index contributed by atoms with van der Waals surface area (Å²) in [5.74, 6) is -0.333. The molecule has 2 rings (SSSR count). The minimum atomic E-state index is -0.593. The van der Waals surface area contributed by atoms with Crippen LogP contribution >= 0.6 is 0 Å². The molecule has 3 atom stereocenters. The van der Waals surface area contributed by atoms with Gasteiger partial charge in [0.15, 0.2) is 5.84 Å². The summed E-state index contributed by atoms with van der Waals surface area (Å²) in [7, 11) is 0. The van der Waals surface area contributed by atoms with Crippen molar-refractivity contribution >= 4 is 17.6 Å². The zero-order valence-electron chi connectivity index (χ0n) is 12.6. The van der Waals surface area contributed by atoms with Gasteiger partial charge in [-0.3, -0.25) is 9.59 Å². The van der Waals surface area contributed by atoms with Crippen LogP contribution in [0.2, 0.25) is 0 Å². The van der Waals surface area contributed by atoms with Crippen LogP contribution in [0.1, 0.15) is 33.1 Å². The van der Waals surface area contributed by atoms with Crippen molar-refractivity contribution < 1.29 is 14.8 Å². The monoisotopic (exact) mass is 296 g/mol. The molecule has 2 amide bonds. The number of fused-ring (bicyclic) bond motifs is 1.